The van der Waals surface area contributed by atoms with Gasteiger partial charge in [0.25, 0.3) is 0 Å². The maximum Gasteiger partial charge on any atom is 2.00 e. The summed E-state index contributed by atoms with van der Waals surface area (Å²) < 4.78 is 0. The minimum atomic E-state index is -1.08. The summed E-state index contributed by atoms with van der Waals surface area (Å²) in [5, 5.41) is 17.8. The largest absolute Gasteiger partial charge is 2.00 e. The Morgan fingerprint density at radius 3 is 0.840 bits per heavy atom. The molecule has 154 valence electrons. The summed E-state index contributed by atoms with van der Waals surface area (Å²) in [5.41, 5.74) is 3.81. The van der Waals surface area contributed by atoms with E-state index >= 15 is 0 Å². The minimum absolute atomic E-state index is 0. The fourth-order valence-electron chi connectivity index (χ4n) is 2.78. The summed E-state index contributed by atoms with van der Waals surface area (Å²) >= 11 is 0. The Morgan fingerprint density at radius 2 is 0.760 bits per heavy atom. The molecule has 0 spiro atoms. The molecule has 0 unspecified atom stereocenters. The summed E-state index contributed by atoms with van der Waals surface area (Å²) in [7, 11) is -0.229. The molecule has 0 amide bonds. The van der Waals surface area contributed by atoms with Crippen LogP contribution in [0.1, 0.15) is 69.2 Å². The van der Waals surface area contributed by atoms with Crippen molar-refractivity contribution in [2.45, 2.75) is 91.9 Å². The summed E-state index contributed by atoms with van der Waals surface area (Å²) in [6.45, 7) is 21.4. The topological polar surface area (TPSA) is 80.3 Å². The van der Waals surface area contributed by atoms with E-state index in [0.717, 1.165) is 36.5 Å². The van der Waals surface area contributed by atoms with E-state index < -0.39 is 11.9 Å². The van der Waals surface area contributed by atoms with Crippen molar-refractivity contribution in [3.63, 3.8) is 0 Å². The van der Waals surface area contributed by atoms with Crippen LogP contribution in [-0.2, 0) is 30.7 Å². The van der Waals surface area contributed by atoms with Crippen LogP contribution in [0.4, 0.5) is 0 Å². The van der Waals surface area contributed by atoms with Gasteiger partial charge in [-0.25, -0.2) is 0 Å². The van der Waals surface area contributed by atoms with Crippen LogP contribution in [0, 0.1) is 0 Å². The molecule has 0 fully saturated rings. The van der Waals surface area contributed by atoms with Crippen molar-refractivity contribution < 1.29 is 40.9 Å². The van der Waals surface area contributed by atoms with Crippen LogP contribution < -0.4 is 10.2 Å². The average Bonchev–Trinajstić information content (AvgIpc) is 2.30. The molecule has 0 aromatic heterocycles. The van der Waals surface area contributed by atoms with Crippen LogP contribution in [-0.4, -0.2) is 46.9 Å². The van der Waals surface area contributed by atoms with Gasteiger partial charge in [-0.05, 0) is 69.2 Å². The summed E-state index contributed by atoms with van der Waals surface area (Å²) in [4.78, 5) is 17.8. The molecule has 0 saturated carbocycles. The molecule has 0 radical (unpaired) electrons. The van der Waals surface area contributed by atoms with Gasteiger partial charge >= 0.3 is 21.1 Å². The van der Waals surface area contributed by atoms with E-state index in [2.05, 4.69) is 55.4 Å². The van der Waals surface area contributed by atoms with Gasteiger partial charge in [0.15, 0.2) is 0 Å². The van der Waals surface area contributed by atoms with E-state index in [9.17, 15) is 0 Å². The van der Waals surface area contributed by atoms with Gasteiger partial charge in [-0.3, -0.25) is 0 Å². The fourth-order valence-corrected chi connectivity index (χ4v) is 10.1. The van der Waals surface area contributed by atoms with Gasteiger partial charge in [-0.2, -0.15) is 0 Å². The Kier molecular flexibility index (Phi) is 25.5. The van der Waals surface area contributed by atoms with Gasteiger partial charge in [0.2, 0.25) is 0 Å². The average molecular weight is 578 g/mol. The molecule has 0 bridgehead atoms. The second-order valence-electron chi connectivity index (χ2n) is 7.25. The second-order valence-corrected chi connectivity index (χ2v) is 15.2. The maximum absolute atomic E-state index is 8.89. The second kappa shape index (κ2) is 19.3. The Morgan fingerprint density at radius 1 is 0.640 bits per heavy atom. The van der Waals surface area contributed by atoms with E-state index in [1.165, 1.54) is 0 Å². The molecule has 7 heteroatoms. The van der Waals surface area contributed by atoms with E-state index in [-0.39, 0.29) is 36.9 Å². The third-order valence-corrected chi connectivity index (χ3v) is 11.8. The zero-order valence-electron chi connectivity index (χ0n) is 17.7. The molecule has 0 aromatic rings. The third-order valence-electron chi connectivity index (χ3n) is 3.67. The van der Waals surface area contributed by atoms with Crippen LogP contribution in [0.25, 0.3) is 0 Å². The monoisotopic (exact) mass is 577 g/mol. The molecule has 0 rings (SSSR count). The minimum Gasteiger partial charge on any atom is -0.550 e. The van der Waals surface area contributed by atoms with Gasteiger partial charge in [0.1, 0.15) is 0 Å². The van der Waals surface area contributed by atoms with Crippen molar-refractivity contribution in [1.29, 1.82) is 0 Å². The van der Waals surface area contributed by atoms with Crippen LogP contribution in [0.2, 0.25) is 0 Å². The van der Waals surface area contributed by atoms with E-state index in [4.69, 9.17) is 19.8 Å². The summed E-state index contributed by atoms with van der Waals surface area (Å²) in [5.74, 6) is -2.17. The van der Waals surface area contributed by atoms with E-state index in [0.29, 0.717) is 0 Å². The molecule has 0 aliphatic rings. The summed E-state index contributed by atoms with van der Waals surface area (Å²) in [6, 6.07) is 0. The first-order chi connectivity index (χ1) is 10.7. The zero-order valence-corrected chi connectivity index (χ0v) is 21.9. The van der Waals surface area contributed by atoms with Crippen molar-refractivity contribution in [3.05, 3.63) is 0 Å². The SMILES string of the molecule is CC(=O)[O-].CC(=O)[O-].CC(C)[PH+](CC[PH+](C(C)C)C(C)C)C(C)C.[Pt+2]. The molecular formula is C18H40O4P2Pt+2. The standard InChI is InChI=1S/C14H32P2.2C2H4O2.Pt/c1-11(2)15(12(3)4)9-10-16(13(5)6)14(7)8;2*1-2(3)4;/h11-14H,9-10H2,1-8H3;2*1H3,(H,3,4);/q;;;+2. The van der Waals surface area contributed by atoms with Crippen LogP contribution in [0.3, 0.4) is 0 Å². The van der Waals surface area contributed by atoms with Crippen LogP contribution in [0.15, 0.2) is 0 Å². The third kappa shape index (κ3) is 26.8. The number of carbonyl (C=O) groups is 2. The zero-order chi connectivity index (χ0) is 20.0. The van der Waals surface area contributed by atoms with Crippen molar-refractivity contribution in [2.75, 3.05) is 12.3 Å². The smallest absolute Gasteiger partial charge is 0.550 e. The van der Waals surface area contributed by atoms with E-state index in [1.54, 1.807) is 12.3 Å². The van der Waals surface area contributed by atoms with Crippen LogP contribution in [0.5, 0.6) is 0 Å². The van der Waals surface area contributed by atoms with Gasteiger partial charge in [-0.15, -0.1) is 0 Å². The number of carbonyl (C=O) groups excluding carboxylic acids is 2. The quantitative estimate of drug-likeness (QED) is 0.436. The maximum atomic E-state index is 8.89. The van der Waals surface area contributed by atoms with Gasteiger partial charge < -0.3 is 19.8 Å². The van der Waals surface area contributed by atoms with Gasteiger partial charge in [0, 0.05) is 27.8 Å². The number of hydrogen-bond donors (Lipinski definition) is 0. The molecule has 0 atom stereocenters. The number of aliphatic carboxylic acids is 2. The molecule has 0 aromatic carbocycles. The molecule has 25 heavy (non-hydrogen) atoms. The van der Waals surface area contributed by atoms with E-state index in [1.807, 2.05) is 0 Å². The Bertz CT molecular complexity index is 279. The molecule has 4 nitrogen and oxygen atoms in total. The Hall–Kier alpha value is 0.488. The first kappa shape index (κ1) is 33.1. The summed E-state index contributed by atoms with van der Waals surface area (Å²) in [6.07, 6.45) is 3.12. The number of rotatable bonds is 7. The number of carboxylic acids is 2. The molecule has 0 aliphatic heterocycles. The molecular weight excluding hydrogens is 537 g/mol. The Labute approximate surface area is 172 Å². The Balaban J connectivity index is -0.000000205. The van der Waals surface area contributed by atoms with Crippen LogP contribution >= 0.6 is 15.8 Å². The number of carboxylic acid groups (broad SMARTS) is 2. The molecule has 0 aliphatic carbocycles. The molecule has 0 saturated heterocycles. The van der Waals surface area contributed by atoms with Crippen molar-refractivity contribution in [2.24, 2.45) is 0 Å². The predicted molar refractivity (Wildman–Crippen MR) is 108 cm³/mol. The predicted octanol–water partition coefficient (Wildman–Crippen LogP) is 2.56. The number of hydrogen-bond acceptors (Lipinski definition) is 4. The van der Waals surface area contributed by atoms with Crippen molar-refractivity contribution in [3.8, 4) is 0 Å². The normalized spacial score (nSPS) is 10.4. The molecule has 0 N–H and O–H groups in total. The van der Waals surface area contributed by atoms with Crippen molar-refractivity contribution >= 4 is 27.8 Å². The first-order valence-corrected chi connectivity index (χ1v) is 12.5. The van der Waals surface area contributed by atoms with Crippen molar-refractivity contribution in [1.82, 2.24) is 0 Å². The molecule has 0 heterocycles. The first-order valence-electron chi connectivity index (χ1n) is 8.80. The van der Waals surface area contributed by atoms with Gasteiger partial charge in [-0.1, -0.05) is 0 Å². The fraction of sp³-hybridized carbons (Fsp3) is 0.889. The van der Waals surface area contributed by atoms with Gasteiger partial charge in [0.05, 0.1) is 35.0 Å².